The highest BCUT2D eigenvalue weighted by molar-refractivity contribution is 14.1. The van der Waals surface area contributed by atoms with Gasteiger partial charge < -0.3 is 0 Å². The summed E-state index contributed by atoms with van der Waals surface area (Å²) in [7, 11) is 0. The third kappa shape index (κ3) is 2.37. The van der Waals surface area contributed by atoms with Crippen molar-refractivity contribution < 1.29 is 0 Å². The average Bonchev–Trinajstić information content (AvgIpc) is 2.44. The van der Waals surface area contributed by atoms with Crippen LogP contribution in [-0.4, -0.2) is 24.0 Å². The minimum atomic E-state index is 0.779. The summed E-state index contributed by atoms with van der Waals surface area (Å²) >= 11 is 2.32. The second-order valence-electron chi connectivity index (χ2n) is 5.41. The summed E-state index contributed by atoms with van der Waals surface area (Å²) < 4.78 is 2.15. The molecule has 0 radical (unpaired) electrons. The van der Waals surface area contributed by atoms with Crippen molar-refractivity contribution in [3.05, 3.63) is 45.6 Å². The normalized spacial score (nSPS) is 28.1. The monoisotopic (exact) mass is 353 g/mol. The standard InChI is InChI=1S/C16H20IN/c17-10-4-12-18-11-3-7-15-14-6-2-1-5-13(14)8-9-16(15)18/h1-2,4-6,10,15-16H,3,7-9,11-12H2/b10-4+/t15-,16-/m0/s1. The molecule has 2 heteroatoms. The Morgan fingerprint density at radius 3 is 3.06 bits per heavy atom. The second-order valence-corrected chi connectivity index (χ2v) is 6.13. The van der Waals surface area contributed by atoms with Gasteiger partial charge in [0.25, 0.3) is 0 Å². The first-order valence-corrected chi connectivity index (χ1v) is 8.22. The molecule has 1 heterocycles. The fourth-order valence-corrected chi connectivity index (χ4v) is 3.93. The maximum Gasteiger partial charge on any atom is 0.0173 e. The van der Waals surface area contributed by atoms with Gasteiger partial charge >= 0.3 is 0 Å². The fraction of sp³-hybridized carbons (Fsp3) is 0.500. The van der Waals surface area contributed by atoms with E-state index >= 15 is 0 Å². The molecule has 1 aliphatic heterocycles. The maximum atomic E-state index is 2.69. The molecule has 96 valence electrons. The van der Waals surface area contributed by atoms with Crippen LogP contribution in [0.25, 0.3) is 0 Å². The van der Waals surface area contributed by atoms with Crippen LogP contribution >= 0.6 is 22.6 Å². The van der Waals surface area contributed by atoms with Crippen molar-refractivity contribution in [1.82, 2.24) is 4.90 Å². The second kappa shape index (κ2) is 5.74. The Morgan fingerprint density at radius 1 is 1.28 bits per heavy atom. The zero-order valence-electron chi connectivity index (χ0n) is 10.7. The number of rotatable bonds is 2. The Balaban J connectivity index is 1.85. The van der Waals surface area contributed by atoms with E-state index in [9.17, 15) is 0 Å². The molecule has 1 saturated heterocycles. The lowest BCUT2D eigenvalue weighted by Gasteiger charge is -2.44. The summed E-state index contributed by atoms with van der Waals surface area (Å²) in [6.45, 7) is 2.41. The van der Waals surface area contributed by atoms with E-state index in [0.29, 0.717) is 0 Å². The minimum absolute atomic E-state index is 0.779. The van der Waals surface area contributed by atoms with Gasteiger partial charge in [-0.1, -0.05) is 52.9 Å². The predicted octanol–water partition coefficient (Wildman–Crippen LogP) is 4.13. The highest BCUT2D eigenvalue weighted by Gasteiger charge is 2.35. The fourth-order valence-electron chi connectivity index (χ4n) is 3.70. The van der Waals surface area contributed by atoms with Crippen molar-refractivity contribution >= 4 is 22.6 Å². The summed E-state index contributed by atoms with van der Waals surface area (Å²) in [6, 6.07) is 9.88. The van der Waals surface area contributed by atoms with Crippen molar-refractivity contribution in [1.29, 1.82) is 0 Å². The summed E-state index contributed by atoms with van der Waals surface area (Å²) in [5.41, 5.74) is 3.24. The van der Waals surface area contributed by atoms with E-state index in [4.69, 9.17) is 0 Å². The Kier molecular flexibility index (Phi) is 4.04. The molecule has 1 aromatic carbocycles. The van der Waals surface area contributed by atoms with Crippen molar-refractivity contribution in [3.63, 3.8) is 0 Å². The van der Waals surface area contributed by atoms with Crippen molar-refractivity contribution in [2.24, 2.45) is 0 Å². The molecular weight excluding hydrogens is 333 g/mol. The molecule has 3 rings (SSSR count). The molecule has 0 saturated carbocycles. The van der Waals surface area contributed by atoms with Gasteiger partial charge in [0, 0.05) is 12.6 Å². The van der Waals surface area contributed by atoms with Gasteiger partial charge in [-0.25, -0.2) is 0 Å². The van der Waals surface area contributed by atoms with Gasteiger partial charge in [-0.2, -0.15) is 0 Å². The molecule has 1 aromatic rings. The number of hydrogen-bond acceptors (Lipinski definition) is 1. The smallest absolute Gasteiger partial charge is 0.0173 e. The first-order chi connectivity index (χ1) is 8.90. The molecule has 0 aromatic heterocycles. The van der Waals surface area contributed by atoms with Crippen molar-refractivity contribution in [2.45, 2.75) is 37.6 Å². The van der Waals surface area contributed by atoms with Crippen LogP contribution in [0.1, 0.15) is 36.3 Å². The molecular formula is C16H20IN. The van der Waals surface area contributed by atoms with Gasteiger partial charge in [-0.3, -0.25) is 4.90 Å². The number of likely N-dealkylation sites (tertiary alicyclic amines) is 1. The number of aryl methyl sites for hydroxylation is 1. The first-order valence-electron chi connectivity index (χ1n) is 6.97. The number of fused-ring (bicyclic) bond motifs is 3. The Bertz CT molecular complexity index is 440. The molecule has 1 fully saturated rings. The van der Waals surface area contributed by atoms with E-state index in [0.717, 1.165) is 18.5 Å². The van der Waals surface area contributed by atoms with Crippen LogP contribution < -0.4 is 0 Å². The SMILES string of the molecule is I/C=C/CN1CCC[C@H]2c3ccccc3CC[C@@H]21. The average molecular weight is 353 g/mol. The molecule has 2 atom stereocenters. The molecule has 1 aliphatic carbocycles. The summed E-state index contributed by atoms with van der Waals surface area (Å²) in [4.78, 5) is 2.69. The number of hydrogen-bond donors (Lipinski definition) is 0. The number of piperidine rings is 1. The largest absolute Gasteiger partial charge is 0.296 e. The van der Waals surface area contributed by atoms with E-state index in [1.165, 1.54) is 32.2 Å². The van der Waals surface area contributed by atoms with Gasteiger partial charge in [0.05, 0.1) is 0 Å². The molecule has 0 N–H and O–H groups in total. The zero-order valence-corrected chi connectivity index (χ0v) is 12.8. The zero-order chi connectivity index (χ0) is 12.4. The minimum Gasteiger partial charge on any atom is -0.296 e. The maximum absolute atomic E-state index is 2.69. The molecule has 2 aliphatic rings. The van der Waals surface area contributed by atoms with Crippen LogP contribution in [-0.2, 0) is 6.42 Å². The lowest BCUT2D eigenvalue weighted by atomic mass is 9.74. The Hall–Kier alpha value is -0.350. The van der Waals surface area contributed by atoms with Gasteiger partial charge in [0.1, 0.15) is 0 Å². The van der Waals surface area contributed by atoms with Crippen LogP contribution in [0.2, 0.25) is 0 Å². The van der Waals surface area contributed by atoms with Crippen LogP contribution in [0, 0.1) is 0 Å². The Morgan fingerprint density at radius 2 is 2.17 bits per heavy atom. The number of benzene rings is 1. The lowest BCUT2D eigenvalue weighted by Crippen LogP contribution is -2.46. The van der Waals surface area contributed by atoms with Crippen molar-refractivity contribution in [3.8, 4) is 0 Å². The van der Waals surface area contributed by atoms with E-state index in [-0.39, 0.29) is 0 Å². The molecule has 18 heavy (non-hydrogen) atoms. The van der Waals surface area contributed by atoms with Crippen LogP contribution in [0.5, 0.6) is 0 Å². The number of halogens is 1. The summed E-state index contributed by atoms with van der Waals surface area (Å²) in [5.74, 6) is 0.784. The lowest BCUT2D eigenvalue weighted by molar-refractivity contribution is 0.126. The highest BCUT2D eigenvalue weighted by atomic mass is 127. The Labute approximate surface area is 123 Å². The number of nitrogens with zero attached hydrogens (tertiary/aromatic N) is 1. The first kappa shape index (κ1) is 12.7. The summed E-state index contributed by atoms with van der Waals surface area (Å²) in [6.07, 6.45) is 7.64. The van der Waals surface area contributed by atoms with Crippen LogP contribution in [0.15, 0.2) is 34.4 Å². The van der Waals surface area contributed by atoms with Crippen molar-refractivity contribution in [2.75, 3.05) is 13.1 Å². The predicted molar refractivity (Wildman–Crippen MR) is 85.3 cm³/mol. The van der Waals surface area contributed by atoms with Crippen LogP contribution in [0.3, 0.4) is 0 Å². The summed E-state index contributed by atoms with van der Waals surface area (Å²) in [5, 5.41) is 0. The quantitative estimate of drug-likeness (QED) is 0.723. The molecule has 1 nitrogen and oxygen atoms in total. The van der Waals surface area contributed by atoms with Gasteiger partial charge in [-0.05, 0) is 53.4 Å². The van der Waals surface area contributed by atoms with Gasteiger partial charge in [-0.15, -0.1) is 0 Å². The molecule has 0 amide bonds. The van der Waals surface area contributed by atoms with Gasteiger partial charge in [0.2, 0.25) is 0 Å². The third-order valence-corrected chi connectivity index (χ3v) is 5.00. The van der Waals surface area contributed by atoms with E-state index < -0.39 is 0 Å². The topological polar surface area (TPSA) is 3.24 Å². The third-order valence-electron chi connectivity index (χ3n) is 4.49. The molecule has 0 bridgehead atoms. The highest BCUT2D eigenvalue weighted by Crippen LogP contribution is 2.40. The van der Waals surface area contributed by atoms with E-state index in [1.54, 1.807) is 11.1 Å². The molecule has 0 unspecified atom stereocenters. The van der Waals surface area contributed by atoms with Gasteiger partial charge in [0.15, 0.2) is 0 Å². The van der Waals surface area contributed by atoms with Crippen LogP contribution in [0.4, 0.5) is 0 Å². The van der Waals surface area contributed by atoms with E-state index in [1.807, 2.05) is 0 Å². The molecule has 0 spiro atoms. The van der Waals surface area contributed by atoms with E-state index in [2.05, 4.69) is 61.9 Å².